The maximum atomic E-state index is 14.0. The van der Waals surface area contributed by atoms with Crippen molar-refractivity contribution in [1.82, 2.24) is 20.2 Å². The number of likely N-dealkylation sites (N-methyl/N-ethyl adjacent to an activating group) is 1. The van der Waals surface area contributed by atoms with Crippen LogP contribution in [0.15, 0.2) is 60.8 Å². The number of hydrogen-bond acceptors (Lipinski definition) is 8. The summed E-state index contributed by atoms with van der Waals surface area (Å²) in [5.41, 5.74) is 2.37. The van der Waals surface area contributed by atoms with Gasteiger partial charge in [0, 0.05) is 13.5 Å². The number of aromatic nitrogens is 2. The fraction of sp³-hybridized carbons (Fsp3) is 0.469. The molecule has 11 nitrogen and oxygen atoms in total. The molecule has 3 heterocycles. The van der Waals surface area contributed by atoms with E-state index in [1.165, 1.54) is 7.11 Å². The number of nitrogens with one attached hydrogen (secondary N) is 2. The van der Waals surface area contributed by atoms with E-state index in [1.807, 2.05) is 77.1 Å². The fourth-order valence-corrected chi connectivity index (χ4v) is 5.36. The van der Waals surface area contributed by atoms with Crippen molar-refractivity contribution < 1.29 is 33.1 Å². The highest BCUT2D eigenvalue weighted by atomic mass is 16.7. The van der Waals surface area contributed by atoms with Crippen molar-refractivity contribution in [3.05, 3.63) is 72.2 Å². The van der Waals surface area contributed by atoms with Gasteiger partial charge in [-0.05, 0) is 51.2 Å². The Morgan fingerprint density at radius 2 is 1.61 bits per heavy atom. The molecule has 2 amide bonds. The molecule has 2 atom stereocenters. The van der Waals surface area contributed by atoms with Crippen molar-refractivity contribution in [2.45, 2.75) is 70.1 Å². The molecule has 3 aromatic rings. The van der Waals surface area contributed by atoms with Gasteiger partial charge in [0.1, 0.15) is 11.9 Å². The van der Waals surface area contributed by atoms with E-state index in [-0.39, 0.29) is 5.91 Å². The fourth-order valence-electron chi connectivity index (χ4n) is 5.36. The zero-order chi connectivity index (χ0) is 31.7. The number of carbonyl (C=O) groups excluding carboxylic acids is 2. The minimum absolute atomic E-state index is 0.308. The first-order valence-electron chi connectivity index (χ1n) is 14.8. The maximum Gasteiger partial charge on any atom is 0.494 e. The molecule has 0 spiro atoms. The summed E-state index contributed by atoms with van der Waals surface area (Å²) < 4.78 is 29.0. The third-order valence-corrected chi connectivity index (χ3v) is 8.76. The number of nitrogens with zero attached hydrogens (tertiary/aromatic N) is 2. The van der Waals surface area contributed by atoms with Gasteiger partial charge in [-0.1, -0.05) is 54.6 Å². The Balaban J connectivity index is 1.41. The van der Waals surface area contributed by atoms with E-state index in [1.54, 1.807) is 30.3 Å². The first kappa shape index (κ1) is 31.7. The van der Waals surface area contributed by atoms with Gasteiger partial charge in [-0.2, -0.15) is 0 Å². The molecule has 2 saturated heterocycles. The number of carbonyl (C=O) groups is 2. The van der Waals surface area contributed by atoms with Crippen molar-refractivity contribution in [2.24, 2.45) is 0 Å². The molecular formula is C32H41BN4O7. The lowest BCUT2D eigenvalue weighted by Gasteiger charge is -2.34. The number of amides is 2. The number of benzene rings is 2. The molecule has 2 aromatic carbocycles. The average Bonchev–Trinajstić information content (AvgIpc) is 3.72. The monoisotopic (exact) mass is 604 g/mol. The number of alkyl carbamates (subject to hydrolysis) is 1. The van der Waals surface area contributed by atoms with Crippen LogP contribution in [0.5, 0.6) is 0 Å². The Kier molecular flexibility index (Phi) is 8.90. The minimum atomic E-state index is -0.980. The molecule has 2 fully saturated rings. The quantitative estimate of drug-likeness (QED) is 0.350. The van der Waals surface area contributed by atoms with E-state index < -0.39 is 42.3 Å². The van der Waals surface area contributed by atoms with E-state index >= 15 is 0 Å². The molecule has 12 heteroatoms. The van der Waals surface area contributed by atoms with Crippen LogP contribution < -0.4 is 10.8 Å². The molecule has 44 heavy (non-hydrogen) atoms. The number of aromatic amines is 1. The Labute approximate surface area is 258 Å². The van der Waals surface area contributed by atoms with Crippen LogP contribution in [0.3, 0.4) is 0 Å². The van der Waals surface area contributed by atoms with Gasteiger partial charge >= 0.3 is 13.2 Å². The third kappa shape index (κ3) is 6.53. The van der Waals surface area contributed by atoms with Crippen molar-refractivity contribution in [2.75, 3.05) is 27.4 Å². The average molecular weight is 605 g/mol. The molecule has 0 aliphatic carbocycles. The van der Waals surface area contributed by atoms with Crippen molar-refractivity contribution in [3.63, 3.8) is 0 Å². The molecule has 2 aliphatic rings. The van der Waals surface area contributed by atoms with Gasteiger partial charge in [0.15, 0.2) is 5.79 Å². The normalized spacial score (nSPS) is 19.8. The molecular weight excluding hydrogens is 563 g/mol. The molecule has 0 bridgehead atoms. The van der Waals surface area contributed by atoms with Gasteiger partial charge in [0.2, 0.25) is 5.91 Å². The van der Waals surface area contributed by atoms with E-state index in [0.717, 1.165) is 16.7 Å². The highest BCUT2D eigenvalue weighted by Crippen LogP contribution is 2.37. The maximum absolute atomic E-state index is 14.0. The van der Waals surface area contributed by atoms with Gasteiger partial charge in [-0.25, -0.2) is 9.78 Å². The zero-order valence-electron chi connectivity index (χ0n) is 26.4. The van der Waals surface area contributed by atoms with Gasteiger partial charge < -0.3 is 38.7 Å². The van der Waals surface area contributed by atoms with Crippen LogP contribution in [0.25, 0.3) is 11.3 Å². The molecule has 234 valence electrons. The molecule has 1 unspecified atom stereocenters. The molecule has 2 N–H and O–H groups in total. The standard InChI is InChI=1S/C32H41BN4O7/c1-30(2)31(3,4)44-33(43-30)23-15-13-21(14-16-23)24-20-34-27(35-24)25(19-32(5)41-17-18-42-32)37(6)28(38)26(36-29(39)40-7)22-11-9-8-10-12-22/h8-16,20,25-26H,17-19H2,1-7H3,(H,34,35)(H,36,39)/t25?,26-/m1/s1. The van der Waals surface area contributed by atoms with E-state index in [2.05, 4.69) is 10.3 Å². The summed E-state index contributed by atoms with van der Waals surface area (Å²) in [4.78, 5) is 35.9. The Morgan fingerprint density at radius 1 is 1.00 bits per heavy atom. The molecule has 1 aromatic heterocycles. The SMILES string of the molecule is COC(=O)N[C@@H](C(=O)N(C)C(CC1(C)OCCO1)c1ncc(-c2ccc(B3OC(C)(C)C(C)(C)O3)cc2)[nH]1)c1ccccc1. The van der Waals surface area contributed by atoms with Gasteiger partial charge in [0.25, 0.3) is 0 Å². The van der Waals surface area contributed by atoms with Crippen LogP contribution in [0, 0.1) is 0 Å². The van der Waals surface area contributed by atoms with Crippen LogP contribution in [-0.2, 0) is 28.3 Å². The summed E-state index contributed by atoms with van der Waals surface area (Å²) in [7, 11) is 2.48. The summed E-state index contributed by atoms with van der Waals surface area (Å²) in [5.74, 6) is -0.719. The number of rotatable bonds is 9. The second-order valence-electron chi connectivity index (χ2n) is 12.4. The van der Waals surface area contributed by atoms with Crippen molar-refractivity contribution in [3.8, 4) is 11.3 Å². The minimum Gasteiger partial charge on any atom is -0.453 e. The lowest BCUT2D eigenvalue weighted by molar-refractivity contribution is -0.162. The summed E-state index contributed by atoms with van der Waals surface area (Å²) >= 11 is 0. The second kappa shape index (κ2) is 12.4. The first-order chi connectivity index (χ1) is 20.8. The van der Waals surface area contributed by atoms with Crippen LogP contribution in [0.1, 0.15) is 64.5 Å². The predicted molar refractivity (Wildman–Crippen MR) is 165 cm³/mol. The van der Waals surface area contributed by atoms with Gasteiger partial charge in [-0.3, -0.25) is 4.79 Å². The highest BCUT2D eigenvalue weighted by Gasteiger charge is 2.51. The molecule has 0 radical (unpaired) electrons. The Bertz CT molecular complexity index is 1440. The lowest BCUT2D eigenvalue weighted by atomic mass is 9.79. The largest absolute Gasteiger partial charge is 0.494 e. The summed E-state index contributed by atoms with van der Waals surface area (Å²) in [6, 6.07) is 15.4. The smallest absolute Gasteiger partial charge is 0.453 e. The predicted octanol–water partition coefficient (Wildman–Crippen LogP) is 4.13. The van der Waals surface area contributed by atoms with Crippen LogP contribution in [-0.4, -0.2) is 78.3 Å². The molecule has 0 saturated carbocycles. The van der Waals surface area contributed by atoms with Crippen molar-refractivity contribution in [1.29, 1.82) is 0 Å². The number of hydrogen-bond donors (Lipinski definition) is 2. The van der Waals surface area contributed by atoms with Crippen molar-refractivity contribution >= 4 is 24.6 Å². The van der Waals surface area contributed by atoms with E-state index in [4.69, 9.17) is 28.5 Å². The molecule has 2 aliphatic heterocycles. The lowest BCUT2D eigenvalue weighted by Crippen LogP contribution is -2.45. The van der Waals surface area contributed by atoms with Crippen LogP contribution in [0.2, 0.25) is 0 Å². The first-order valence-corrected chi connectivity index (χ1v) is 14.8. The molecule has 5 rings (SSSR count). The number of imidazole rings is 1. The summed E-state index contributed by atoms with van der Waals surface area (Å²) in [5, 5.41) is 2.68. The van der Waals surface area contributed by atoms with E-state index in [9.17, 15) is 9.59 Å². The zero-order valence-corrected chi connectivity index (χ0v) is 26.4. The third-order valence-electron chi connectivity index (χ3n) is 8.76. The van der Waals surface area contributed by atoms with Crippen LogP contribution >= 0.6 is 0 Å². The number of methoxy groups -OCH3 is 1. The topological polar surface area (TPSA) is 124 Å². The second-order valence-corrected chi connectivity index (χ2v) is 12.4. The Morgan fingerprint density at radius 3 is 2.20 bits per heavy atom. The summed E-state index contributed by atoms with van der Waals surface area (Å²) in [6.07, 6.45) is 1.34. The van der Waals surface area contributed by atoms with E-state index in [0.29, 0.717) is 31.0 Å². The van der Waals surface area contributed by atoms with Crippen LogP contribution in [0.4, 0.5) is 4.79 Å². The Hall–Kier alpha value is -3.71. The van der Waals surface area contributed by atoms with Gasteiger partial charge in [-0.15, -0.1) is 0 Å². The number of H-pyrrole nitrogens is 1. The van der Waals surface area contributed by atoms with Gasteiger partial charge in [0.05, 0.1) is 49.5 Å². The summed E-state index contributed by atoms with van der Waals surface area (Å²) in [6.45, 7) is 10.9. The highest BCUT2D eigenvalue weighted by molar-refractivity contribution is 6.62. The number of ether oxygens (including phenoxy) is 3.